The lowest BCUT2D eigenvalue weighted by Crippen LogP contribution is -1.97. The van der Waals surface area contributed by atoms with Crippen molar-refractivity contribution in [1.82, 2.24) is 4.98 Å². The van der Waals surface area contributed by atoms with Gasteiger partial charge in [-0.3, -0.25) is 4.98 Å². The Morgan fingerprint density at radius 1 is 0.958 bits per heavy atom. The molecule has 2 aromatic carbocycles. The van der Waals surface area contributed by atoms with Gasteiger partial charge in [-0.2, -0.15) is 0 Å². The van der Waals surface area contributed by atoms with Gasteiger partial charge in [0.2, 0.25) is 0 Å². The van der Waals surface area contributed by atoms with Crippen molar-refractivity contribution >= 4 is 5.57 Å². The fourth-order valence-corrected chi connectivity index (χ4v) is 2.90. The lowest BCUT2D eigenvalue weighted by atomic mass is 9.91. The number of hydrogen-bond donors (Lipinski definition) is 0. The van der Waals surface area contributed by atoms with Gasteiger partial charge in [-0.15, -0.1) is 0 Å². The first-order chi connectivity index (χ1) is 11.7. The van der Waals surface area contributed by atoms with E-state index in [0.717, 1.165) is 23.2 Å². The maximum absolute atomic E-state index is 13.3. The topological polar surface area (TPSA) is 12.9 Å². The highest BCUT2D eigenvalue weighted by atomic mass is 19.1. The molecule has 0 aliphatic carbocycles. The third-order valence-electron chi connectivity index (χ3n) is 4.06. The number of allylic oxidation sites excluding steroid dienone is 1. The largest absolute Gasteiger partial charge is 0.256 e. The second-order valence-corrected chi connectivity index (χ2v) is 5.75. The number of aryl methyl sites for hydroxylation is 1. The summed E-state index contributed by atoms with van der Waals surface area (Å²) in [6.45, 7) is 4.25. The van der Waals surface area contributed by atoms with Crippen LogP contribution < -0.4 is 0 Å². The summed E-state index contributed by atoms with van der Waals surface area (Å²) in [7, 11) is 0. The van der Waals surface area contributed by atoms with E-state index < -0.39 is 0 Å². The van der Waals surface area contributed by atoms with Crippen LogP contribution in [0.5, 0.6) is 0 Å². The average Bonchev–Trinajstić information content (AvgIpc) is 2.61. The first-order valence-corrected chi connectivity index (χ1v) is 8.18. The van der Waals surface area contributed by atoms with Gasteiger partial charge in [-0.25, -0.2) is 4.39 Å². The minimum absolute atomic E-state index is 0.237. The van der Waals surface area contributed by atoms with Crippen molar-refractivity contribution in [3.63, 3.8) is 0 Å². The smallest absolute Gasteiger partial charge is 0.123 e. The highest BCUT2D eigenvalue weighted by molar-refractivity contribution is 5.88. The van der Waals surface area contributed by atoms with Gasteiger partial charge in [0.15, 0.2) is 0 Å². The van der Waals surface area contributed by atoms with Gasteiger partial charge >= 0.3 is 0 Å². The van der Waals surface area contributed by atoms with E-state index in [0.29, 0.717) is 0 Å². The van der Waals surface area contributed by atoms with Crippen LogP contribution in [0, 0.1) is 12.7 Å². The number of nitrogens with zero attached hydrogens (tertiary/aromatic N) is 1. The number of benzene rings is 2. The molecule has 1 aromatic heterocycles. The maximum atomic E-state index is 13.3. The summed E-state index contributed by atoms with van der Waals surface area (Å²) in [6.07, 6.45) is 4.94. The van der Waals surface area contributed by atoms with Gasteiger partial charge in [0.05, 0.1) is 5.69 Å². The Labute approximate surface area is 142 Å². The monoisotopic (exact) mass is 317 g/mol. The van der Waals surface area contributed by atoms with E-state index in [1.54, 1.807) is 18.3 Å². The van der Waals surface area contributed by atoms with E-state index in [2.05, 4.69) is 49.2 Å². The highest BCUT2D eigenvalue weighted by Gasteiger charge is 2.13. The molecule has 2 heteroatoms. The predicted octanol–water partition coefficient (Wildman–Crippen LogP) is 6.04. The molecule has 24 heavy (non-hydrogen) atoms. The lowest BCUT2D eigenvalue weighted by Gasteiger charge is -2.15. The van der Waals surface area contributed by atoms with E-state index >= 15 is 0 Å². The standard InChI is InChI=1S/C22H20FN/c1-3-7-20(19-9-5-4-8-16(19)2)21-10-6-15-24-22(21)17-11-13-18(23)14-12-17/h4-15H,3H2,1-2H3/b20-7+. The zero-order valence-electron chi connectivity index (χ0n) is 14.0. The van der Waals surface area contributed by atoms with Gasteiger partial charge < -0.3 is 0 Å². The Hall–Kier alpha value is -2.74. The van der Waals surface area contributed by atoms with Crippen LogP contribution in [0.25, 0.3) is 16.8 Å². The summed E-state index contributed by atoms with van der Waals surface area (Å²) in [4.78, 5) is 4.57. The molecule has 3 aromatic rings. The summed E-state index contributed by atoms with van der Waals surface area (Å²) < 4.78 is 13.3. The molecule has 0 saturated carbocycles. The summed E-state index contributed by atoms with van der Waals surface area (Å²) in [5, 5.41) is 0. The molecule has 3 rings (SSSR count). The van der Waals surface area contributed by atoms with Crippen molar-refractivity contribution in [2.24, 2.45) is 0 Å². The summed E-state index contributed by atoms with van der Waals surface area (Å²) in [5.41, 5.74) is 6.47. The van der Waals surface area contributed by atoms with E-state index in [4.69, 9.17) is 0 Å². The zero-order valence-corrected chi connectivity index (χ0v) is 14.0. The van der Waals surface area contributed by atoms with Crippen LogP contribution in [0.2, 0.25) is 0 Å². The molecule has 0 fully saturated rings. The van der Waals surface area contributed by atoms with Crippen LogP contribution in [0.15, 0.2) is 72.9 Å². The Balaban J connectivity index is 2.19. The molecule has 0 bridgehead atoms. The summed E-state index contributed by atoms with van der Waals surface area (Å²) in [5.74, 6) is -0.237. The van der Waals surface area contributed by atoms with E-state index in [1.165, 1.54) is 28.8 Å². The Bertz CT molecular complexity index is 863. The normalized spacial score (nSPS) is 11.5. The zero-order chi connectivity index (χ0) is 16.9. The Morgan fingerprint density at radius 3 is 2.38 bits per heavy atom. The SMILES string of the molecule is CC/C=C(\c1ccccc1C)c1cccnc1-c1ccc(F)cc1. The number of rotatable bonds is 4. The predicted molar refractivity (Wildman–Crippen MR) is 98.2 cm³/mol. The fraction of sp³-hybridized carbons (Fsp3) is 0.136. The molecule has 0 aliphatic rings. The van der Waals surface area contributed by atoms with Crippen molar-refractivity contribution < 1.29 is 4.39 Å². The van der Waals surface area contributed by atoms with Crippen LogP contribution in [0.3, 0.4) is 0 Å². The molecule has 0 saturated heterocycles. The first-order valence-electron chi connectivity index (χ1n) is 8.18. The number of pyridine rings is 1. The van der Waals surface area contributed by atoms with Gasteiger partial charge in [-0.1, -0.05) is 43.3 Å². The quantitative estimate of drug-likeness (QED) is 0.572. The Kier molecular flexibility index (Phi) is 4.85. The molecule has 0 aliphatic heterocycles. The van der Waals surface area contributed by atoms with Crippen molar-refractivity contribution in [2.45, 2.75) is 20.3 Å². The molecule has 1 heterocycles. The van der Waals surface area contributed by atoms with Gasteiger partial charge in [0.25, 0.3) is 0 Å². The van der Waals surface area contributed by atoms with Gasteiger partial charge in [0, 0.05) is 17.3 Å². The minimum atomic E-state index is -0.237. The Morgan fingerprint density at radius 2 is 1.67 bits per heavy atom. The summed E-state index contributed by atoms with van der Waals surface area (Å²) in [6, 6.07) is 18.9. The molecule has 120 valence electrons. The van der Waals surface area contributed by atoms with Crippen molar-refractivity contribution in [3.8, 4) is 11.3 Å². The lowest BCUT2D eigenvalue weighted by molar-refractivity contribution is 0.628. The van der Waals surface area contributed by atoms with Gasteiger partial charge in [-0.05, 0) is 60.4 Å². The second-order valence-electron chi connectivity index (χ2n) is 5.75. The third kappa shape index (κ3) is 3.28. The number of hydrogen-bond acceptors (Lipinski definition) is 1. The minimum Gasteiger partial charge on any atom is -0.256 e. The molecule has 0 unspecified atom stereocenters. The maximum Gasteiger partial charge on any atom is 0.123 e. The number of halogens is 1. The van der Waals surface area contributed by atoms with Crippen LogP contribution in [-0.4, -0.2) is 4.98 Å². The second kappa shape index (κ2) is 7.22. The summed E-state index contributed by atoms with van der Waals surface area (Å²) >= 11 is 0. The van der Waals surface area contributed by atoms with E-state index in [1.807, 2.05) is 12.1 Å². The molecule has 0 radical (unpaired) electrons. The third-order valence-corrected chi connectivity index (χ3v) is 4.06. The van der Waals surface area contributed by atoms with Crippen molar-refractivity contribution in [2.75, 3.05) is 0 Å². The fourth-order valence-electron chi connectivity index (χ4n) is 2.90. The molecule has 0 atom stereocenters. The molecular formula is C22H20FN. The molecule has 0 N–H and O–H groups in total. The first kappa shape index (κ1) is 16.1. The average molecular weight is 317 g/mol. The molecule has 0 amide bonds. The molecule has 0 spiro atoms. The van der Waals surface area contributed by atoms with Crippen molar-refractivity contribution in [1.29, 1.82) is 0 Å². The number of aromatic nitrogens is 1. The van der Waals surface area contributed by atoms with Crippen LogP contribution in [0.1, 0.15) is 30.0 Å². The van der Waals surface area contributed by atoms with E-state index in [-0.39, 0.29) is 5.82 Å². The van der Waals surface area contributed by atoms with E-state index in [9.17, 15) is 4.39 Å². The van der Waals surface area contributed by atoms with Crippen LogP contribution in [0.4, 0.5) is 4.39 Å². The van der Waals surface area contributed by atoms with Gasteiger partial charge in [0.1, 0.15) is 5.82 Å². The molecule has 1 nitrogen and oxygen atoms in total. The van der Waals surface area contributed by atoms with Crippen molar-refractivity contribution in [3.05, 3.63) is 95.4 Å². The highest BCUT2D eigenvalue weighted by Crippen LogP contribution is 2.33. The van der Waals surface area contributed by atoms with Crippen LogP contribution >= 0.6 is 0 Å². The van der Waals surface area contributed by atoms with Crippen LogP contribution in [-0.2, 0) is 0 Å². The molecular weight excluding hydrogens is 297 g/mol.